The fraction of sp³-hybridized carbons (Fsp3) is 0.286. The van der Waals surface area contributed by atoms with E-state index in [0.29, 0.717) is 11.3 Å². The summed E-state index contributed by atoms with van der Waals surface area (Å²) >= 11 is 2.35. The molecule has 10 nitrogen and oxygen atoms in total. The van der Waals surface area contributed by atoms with Gasteiger partial charge in [0, 0.05) is 11.1 Å². The molecule has 1 saturated heterocycles. The zero-order valence-electron chi connectivity index (χ0n) is 13.1. The molecule has 2 aliphatic rings. The van der Waals surface area contributed by atoms with Crippen molar-refractivity contribution >= 4 is 46.0 Å². The minimum absolute atomic E-state index is 0.0972. The van der Waals surface area contributed by atoms with Gasteiger partial charge in [0.05, 0.1) is 5.69 Å². The van der Waals surface area contributed by atoms with Crippen LogP contribution in [0.15, 0.2) is 34.5 Å². The van der Waals surface area contributed by atoms with Crippen LogP contribution in [-0.2, 0) is 14.4 Å². The number of nitrogens with two attached hydrogens (primary N) is 1. The van der Waals surface area contributed by atoms with Crippen LogP contribution < -0.4 is 11.1 Å². The number of carbonyl (C=O) groups is 3. The second kappa shape index (κ2) is 6.88. The molecule has 0 saturated carbocycles. The summed E-state index contributed by atoms with van der Waals surface area (Å²) in [5.41, 5.74) is 5.88. The number of carboxylic acids is 1. The van der Waals surface area contributed by atoms with E-state index in [4.69, 9.17) is 5.73 Å². The molecule has 4 N–H and O–H groups in total. The zero-order chi connectivity index (χ0) is 19.0. The number of carbonyl (C=O) groups excluding carboxylic acids is 2. The van der Waals surface area contributed by atoms with Crippen LogP contribution >= 0.6 is 23.1 Å². The largest absolute Gasteiger partial charge is 0.477 e. The Labute approximate surface area is 155 Å². The number of carboxylic acid groups (broad SMARTS) is 1. The van der Waals surface area contributed by atoms with Crippen molar-refractivity contribution in [3.63, 3.8) is 0 Å². The number of anilines is 1. The third-order valence-corrected chi connectivity index (χ3v) is 5.91. The number of β-lactam (4-membered cyclic amide) rings is 1. The third-order valence-electron chi connectivity index (χ3n) is 3.92. The molecule has 1 unspecified atom stereocenters. The first kappa shape index (κ1) is 18.1. The molecule has 3 atom stereocenters. The van der Waals surface area contributed by atoms with Gasteiger partial charge in [0.25, 0.3) is 11.8 Å². The third kappa shape index (κ3) is 2.86. The summed E-state index contributed by atoms with van der Waals surface area (Å²) in [7, 11) is 0. The minimum atomic E-state index is -1.43. The molecule has 136 valence electrons. The van der Waals surface area contributed by atoms with Crippen molar-refractivity contribution in [2.45, 2.75) is 17.5 Å². The fourth-order valence-electron chi connectivity index (χ4n) is 2.69. The Bertz CT molecular complexity index is 851. The fourth-order valence-corrected chi connectivity index (χ4v) is 4.62. The summed E-state index contributed by atoms with van der Waals surface area (Å²) in [5.74, 6) is -2.27. The quantitative estimate of drug-likeness (QED) is 0.463. The minimum Gasteiger partial charge on any atom is -0.477 e. The molecule has 3 heterocycles. The van der Waals surface area contributed by atoms with E-state index in [1.54, 1.807) is 0 Å². The number of amides is 2. The summed E-state index contributed by atoms with van der Waals surface area (Å²) in [6.07, 6.45) is 1.39. The van der Waals surface area contributed by atoms with Gasteiger partial charge in [0.1, 0.15) is 17.1 Å². The lowest BCUT2D eigenvalue weighted by molar-refractivity contribution is -0.150. The number of nitrogen functional groups attached to an aromatic ring is 1. The first-order valence-electron chi connectivity index (χ1n) is 7.26. The molecule has 0 aliphatic carbocycles. The van der Waals surface area contributed by atoms with Crippen molar-refractivity contribution < 1.29 is 19.5 Å². The van der Waals surface area contributed by atoms with Gasteiger partial charge in [-0.15, -0.1) is 28.0 Å². The number of thioether (sulfide) groups is 1. The summed E-state index contributed by atoms with van der Waals surface area (Å²) < 4.78 is 0. The number of nitroso groups, excluding NO2 is 1. The van der Waals surface area contributed by atoms with Crippen molar-refractivity contribution in [2.75, 3.05) is 11.5 Å². The average molecular weight is 395 g/mol. The summed E-state index contributed by atoms with van der Waals surface area (Å²) in [5, 5.41) is 15.6. The monoisotopic (exact) mass is 395 g/mol. The highest BCUT2D eigenvalue weighted by Crippen LogP contribution is 2.40. The first-order chi connectivity index (χ1) is 12.4. The van der Waals surface area contributed by atoms with Crippen LogP contribution in [0.25, 0.3) is 0 Å². The molecule has 0 bridgehead atoms. The molecular weight excluding hydrogens is 382 g/mol. The number of aromatic nitrogens is 1. The number of thiazole rings is 1. The Balaban J connectivity index is 1.77. The lowest BCUT2D eigenvalue weighted by Gasteiger charge is -2.49. The Kier molecular flexibility index (Phi) is 4.78. The maximum Gasteiger partial charge on any atom is 0.352 e. The van der Waals surface area contributed by atoms with E-state index < -0.39 is 35.2 Å². The van der Waals surface area contributed by atoms with Gasteiger partial charge in [-0.05, 0) is 10.7 Å². The average Bonchev–Trinajstić information content (AvgIpc) is 3.04. The second-order valence-electron chi connectivity index (χ2n) is 5.40. The standard InChI is InChI=1S/C14H13N5O5S2/c1-2-5-3-25-12-8(11(21)19(12)9(5)13(22)23)17-10(20)7(18-24)6-4-26-14(15)16-6/h2,4,7-8,12H,1,3H2,(H2,15,16)(H,17,20)(H,22,23)/t7?,8-,12+/m1/s1. The van der Waals surface area contributed by atoms with E-state index in [1.165, 1.54) is 23.2 Å². The van der Waals surface area contributed by atoms with Gasteiger partial charge in [0.2, 0.25) is 6.04 Å². The molecular formula is C14H13N5O5S2. The highest BCUT2D eigenvalue weighted by Gasteiger charge is 2.54. The van der Waals surface area contributed by atoms with Gasteiger partial charge >= 0.3 is 5.97 Å². The van der Waals surface area contributed by atoms with Crippen LogP contribution in [0.1, 0.15) is 11.7 Å². The van der Waals surface area contributed by atoms with Gasteiger partial charge in [0.15, 0.2) is 5.13 Å². The number of allylic oxidation sites excluding steroid dienone is 1. The van der Waals surface area contributed by atoms with Crippen molar-refractivity contribution in [1.29, 1.82) is 0 Å². The van der Waals surface area contributed by atoms with Gasteiger partial charge in [-0.1, -0.05) is 12.7 Å². The molecule has 2 amide bonds. The summed E-state index contributed by atoms with van der Waals surface area (Å²) in [6.45, 7) is 3.56. The second-order valence-corrected chi connectivity index (χ2v) is 7.39. The zero-order valence-corrected chi connectivity index (χ0v) is 14.7. The highest BCUT2D eigenvalue weighted by atomic mass is 32.2. The number of fused-ring (bicyclic) bond motifs is 1. The SMILES string of the molecule is C=CC1=C(C(=O)O)N2C(=O)[C@@H](NC(=O)C(N=O)c3csc(N)n3)[C@@H]2SC1. The van der Waals surface area contributed by atoms with E-state index >= 15 is 0 Å². The van der Waals surface area contributed by atoms with Crippen LogP contribution in [0.3, 0.4) is 0 Å². The predicted octanol–water partition coefficient (Wildman–Crippen LogP) is 0.457. The molecule has 3 rings (SSSR count). The lowest BCUT2D eigenvalue weighted by Crippen LogP contribution is -2.70. The Morgan fingerprint density at radius 3 is 2.85 bits per heavy atom. The Hall–Kier alpha value is -2.73. The molecule has 0 radical (unpaired) electrons. The number of nitrogens with one attached hydrogen (secondary N) is 1. The van der Waals surface area contributed by atoms with Crippen molar-refractivity contribution in [3.05, 3.63) is 39.9 Å². The van der Waals surface area contributed by atoms with Crippen LogP contribution in [0.2, 0.25) is 0 Å². The van der Waals surface area contributed by atoms with Crippen LogP contribution in [0, 0.1) is 4.91 Å². The molecule has 12 heteroatoms. The number of hydrogen-bond acceptors (Lipinski definition) is 9. The van der Waals surface area contributed by atoms with E-state index in [2.05, 4.69) is 22.1 Å². The topological polar surface area (TPSA) is 155 Å². The van der Waals surface area contributed by atoms with Crippen molar-refractivity contribution in [1.82, 2.24) is 15.2 Å². The van der Waals surface area contributed by atoms with Crippen LogP contribution in [-0.4, -0.2) is 49.9 Å². The first-order valence-corrected chi connectivity index (χ1v) is 9.19. The number of hydrogen-bond donors (Lipinski definition) is 3. The number of aliphatic carboxylic acids is 1. The smallest absolute Gasteiger partial charge is 0.352 e. The molecule has 0 aromatic carbocycles. The number of rotatable bonds is 6. The molecule has 1 fully saturated rings. The van der Waals surface area contributed by atoms with E-state index in [0.717, 1.165) is 16.2 Å². The normalized spacial score (nSPS) is 22.9. The van der Waals surface area contributed by atoms with Gasteiger partial charge in [-0.2, -0.15) is 0 Å². The molecule has 1 aromatic rings. The van der Waals surface area contributed by atoms with Gasteiger partial charge < -0.3 is 16.2 Å². The van der Waals surface area contributed by atoms with Crippen molar-refractivity contribution in [2.24, 2.45) is 5.18 Å². The van der Waals surface area contributed by atoms with E-state index in [1.807, 2.05) is 0 Å². The lowest BCUT2D eigenvalue weighted by atomic mass is 10.0. The summed E-state index contributed by atoms with van der Waals surface area (Å²) in [6, 6.07) is -2.38. The van der Waals surface area contributed by atoms with Crippen molar-refractivity contribution in [3.8, 4) is 0 Å². The highest BCUT2D eigenvalue weighted by molar-refractivity contribution is 8.00. The number of nitrogens with zero attached hydrogens (tertiary/aromatic N) is 3. The van der Waals surface area contributed by atoms with Gasteiger partial charge in [-0.25, -0.2) is 9.78 Å². The molecule has 0 spiro atoms. The maximum absolute atomic E-state index is 12.4. The van der Waals surface area contributed by atoms with Crippen LogP contribution in [0.4, 0.5) is 5.13 Å². The maximum atomic E-state index is 12.4. The Morgan fingerprint density at radius 1 is 1.58 bits per heavy atom. The molecule has 26 heavy (non-hydrogen) atoms. The predicted molar refractivity (Wildman–Crippen MR) is 94.9 cm³/mol. The summed E-state index contributed by atoms with van der Waals surface area (Å²) in [4.78, 5) is 52.2. The Morgan fingerprint density at radius 2 is 2.31 bits per heavy atom. The van der Waals surface area contributed by atoms with Gasteiger partial charge in [-0.3, -0.25) is 14.5 Å². The van der Waals surface area contributed by atoms with E-state index in [-0.39, 0.29) is 16.5 Å². The molecule has 1 aromatic heterocycles. The molecule has 2 aliphatic heterocycles. The van der Waals surface area contributed by atoms with E-state index in [9.17, 15) is 24.4 Å². The van der Waals surface area contributed by atoms with Crippen LogP contribution in [0.5, 0.6) is 0 Å².